The summed E-state index contributed by atoms with van der Waals surface area (Å²) in [4.78, 5) is 42.1. The Kier molecular flexibility index (Phi) is 4.57. The highest BCUT2D eigenvalue weighted by atomic mass is 16.7. The van der Waals surface area contributed by atoms with E-state index in [1.54, 1.807) is 0 Å². The first-order chi connectivity index (χ1) is 18.6. The fourth-order valence-corrected chi connectivity index (χ4v) is 4.20. The average molecular weight is 499 g/mol. The van der Waals surface area contributed by atoms with Crippen LogP contribution in [-0.4, -0.2) is 57.4 Å². The van der Waals surface area contributed by atoms with Crippen LogP contribution in [0.1, 0.15) is 48.3 Å². The van der Waals surface area contributed by atoms with Gasteiger partial charge in [-0.3, -0.25) is 14.4 Å². The molecule has 12 heteroatoms. The number of ether oxygens (including phenoxy) is 4. The van der Waals surface area contributed by atoms with Crippen molar-refractivity contribution in [2.45, 2.75) is 62.4 Å². The Morgan fingerprint density at radius 3 is 2.44 bits per heavy atom. The van der Waals surface area contributed by atoms with Crippen LogP contribution >= 0.6 is 0 Å². The number of nitrogens with zero attached hydrogens (tertiary/aromatic N) is 4. The monoisotopic (exact) mass is 498 g/mol. The topological polar surface area (TPSA) is 168 Å². The lowest BCUT2D eigenvalue weighted by atomic mass is 9.92. The van der Waals surface area contributed by atoms with Crippen LogP contribution in [0.15, 0.2) is 18.4 Å². The molecule has 1 aliphatic heterocycles. The molecule has 3 saturated carbocycles. The summed E-state index contributed by atoms with van der Waals surface area (Å²) in [5.41, 5.74) is 3.54. The smallest absolute Gasteiger partial charge is 0.309 e. The molecular weight excluding hydrogens is 470 g/mol. The first-order valence-electron chi connectivity index (χ1n) is 13.4. The molecule has 4 aliphatic rings. The van der Waals surface area contributed by atoms with Gasteiger partial charge in [-0.05, 0) is 50.6 Å². The zero-order valence-electron chi connectivity index (χ0n) is 22.1. The normalized spacial score (nSPS) is 31.1. The summed E-state index contributed by atoms with van der Waals surface area (Å²) >= 11 is 0. The number of nitriles is 1. The van der Waals surface area contributed by atoms with Gasteiger partial charge in [0.25, 0.3) is 0 Å². The number of hydrogen-bond acceptors (Lipinski definition) is 11. The molecule has 6 rings (SSSR count). The first kappa shape index (κ1) is 19.5. The number of esters is 3. The summed E-state index contributed by atoms with van der Waals surface area (Å²) in [6, 6.07) is 3.01. The van der Waals surface area contributed by atoms with E-state index in [2.05, 4.69) is 10.1 Å². The van der Waals surface area contributed by atoms with Gasteiger partial charge in [-0.1, -0.05) is 0 Å². The average Bonchev–Trinajstić information content (AvgIpc) is 3.75. The van der Waals surface area contributed by atoms with Crippen LogP contribution in [0.5, 0.6) is 0 Å². The van der Waals surface area contributed by atoms with Gasteiger partial charge >= 0.3 is 17.9 Å². The summed E-state index contributed by atoms with van der Waals surface area (Å²) in [6.07, 6.45) is -0.757. The molecule has 3 heterocycles. The van der Waals surface area contributed by atoms with Crippen molar-refractivity contribution in [1.82, 2.24) is 14.6 Å². The van der Waals surface area contributed by atoms with Crippen LogP contribution in [0, 0.1) is 29.1 Å². The molecular formula is C24H25N5O7. The van der Waals surface area contributed by atoms with Crippen LogP contribution in [0.4, 0.5) is 5.82 Å². The molecule has 4 atom stereocenters. The van der Waals surface area contributed by atoms with Crippen LogP contribution in [0.2, 0.25) is 0 Å². The van der Waals surface area contributed by atoms with Crippen molar-refractivity contribution in [1.29, 1.82) is 5.26 Å². The Bertz CT molecular complexity index is 1410. The van der Waals surface area contributed by atoms with E-state index in [1.807, 2.05) is 6.07 Å². The number of carbonyl (C=O) groups excluding carboxylic acids is 3. The van der Waals surface area contributed by atoms with Crippen molar-refractivity contribution < 1.29 is 37.4 Å². The van der Waals surface area contributed by atoms with Gasteiger partial charge in [0.2, 0.25) is 5.60 Å². The Labute approximate surface area is 209 Å². The maximum Gasteiger partial charge on any atom is 0.309 e. The molecule has 2 aromatic rings. The second-order valence-corrected chi connectivity index (χ2v) is 9.59. The third-order valence-corrected chi connectivity index (χ3v) is 6.75. The summed E-state index contributed by atoms with van der Waals surface area (Å²) < 4.78 is 49.5. The van der Waals surface area contributed by atoms with Crippen molar-refractivity contribution in [2.24, 2.45) is 17.8 Å². The quantitative estimate of drug-likeness (QED) is 0.407. The van der Waals surface area contributed by atoms with E-state index in [9.17, 15) is 19.6 Å². The van der Waals surface area contributed by atoms with Gasteiger partial charge < -0.3 is 24.7 Å². The third-order valence-electron chi connectivity index (χ3n) is 6.75. The van der Waals surface area contributed by atoms with Crippen LogP contribution < -0.4 is 5.73 Å². The van der Waals surface area contributed by atoms with Crippen LogP contribution in [0.3, 0.4) is 0 Å². The van der Waals surface area contributed by atoms with E-state index in [-0.39, 0.29) is 23.1 Å². The summed E-state index contributed by atoms with van der Waals surface area (Å²) in [5.74, 6) is -3.53. The number of aromatic nitrogens is 3. The van der Waals surface area contributed by atoms with Gasteiger partial charge in [0.1, 0.15) is 30.6 Å². The van der Waals surface area contributed by atoms with Gasteiger partial charge in [0.05, 0.1) is 27.6 Å². The van der Waals surface area contributed by atoms with Crippen molar-refractivity contribution in [3.8, 4) is 6.07 Å². The SMILES string of the molecule is [2H]c1cc([C@]2(C#N)O[C@H](C([2H])([2H])OC(=O)C3CC3)[C@@H](OC(=O)C3CC3)[C@H]2OC(=O)C2CC2)n2ncnc(N)c12. The van der Waals surface area contributed by atoms with Gasteiger partial charge in [-0.25, -0.2) is 9.50 Å². The predicted octanol–water partition coefficient (Wildman–Crippen LogP) is 1.03. The maximum atomic E-state index is 12.9. The Morgan fingerprint density at radius 2 is 1.81 bits per heavy atom. The van der Waals surface area contributed by atoms with Gasteiger partial charge in [-0.15, -0.1) is 0 Å². The number of anilines is 1. The van der Waals surface area contributed by atoms with E-state index in [0.717, 1.165) is 10.8 Å². The standard InChI is InChI=1S/C24H25N5O7/c25-10-24(17-8-7-15-20(26)27-11-28-29(15)17)19(35-23(32)14-5-6-14)18(34-22(31)13-3-4-13)16(36-24)9-33-21(30)12-1-2-12/h7-8,11-14,16,18-19H,1-6,9H2,(H2,26,27,28)/t16-,18-,19-,24+/m1/s1/i7D,9D2. The fourth-order valence-electron chi connectivity index (χ4n) is 4.20. The molecule has 0 unspecified atom stereocenters. The minimum Gasteiger partial charge on any atom is -0.463 e. The first-order valence-corrected chi connectivity index (χ1v) is 11.9. The van der Waals surface area contributed by atoms with Crippen molar-refractivity contribution in [3.05, 3.63) is 24.1 Å². The molecule has 4 fully saturated rings. The molecule has 0 spiro atoms. The number of fused-ring (bicyclic) bond motifs is 1. The van der Waals surface area contributed by atoms with Crippen LogP contribution in [0.25, 0.3) is 5.52 Å². The lowest BCUT2D eigenvalue weighted by Crippen LogP contribution is -2.46. The minimum absolute atomic E-state index is 0.0381. The largest absolute Gasteiger partial charge is 0.463 e. The molecule has 0 bridgehead atoms. The molecule has 2 N–H and O–H groups in total. The minimum atomic E-state index is -2.89. The van der Waals surface area contributed by atoms with E-state index in [1.165, 1.54) is 6.07 Å². The van der Waals surface area contributed by atoms with E-state index in [0.29, 0.717) is 38.5 Å². The lowest BCUT2D eigenvalue weighted by Gasteiger charge is -2.28. The molecule has 0 radical (unpaired) electrons. The maximum absolute atomic E-state index is 12.9. The Morgan fingerprint density at radius 1 is 1.17 bits per heavy atom. The second kappa shape index (κ2) is 8.44. The highest BCUT2D eigenvalue weighted by molar-refractivity contribution is 5.77. The second-order valence-electron chi connectivity index (χ2n) is 9.59. The zero-order valence-corrected chi connectivity index (χ0v) is 19.1. The van der Waals surface area contributed by atoms with Crippen molar-refractivity contribution in [2.75, 3.05) is 12.3 Å². The van der Waals surface area contributed by atoms with E-state index < -0.39 is 66.1 Å². The molecule has 1 saturated heterocycles. The molecule has 36 heavy (non-hydrogen) atoms. The number of rotatable bonds is 8. The zero-order chi connectivity index (χ0) is 27.7. The number of hydrogen-bond donors (Lipinski definition) is 1. The number of nitrogens with two attached hydrogens (primary N) is 1. The molecule has 0 amide bonds. The lowest BCUT2D eigenvalue weighted by molar-refractivity contribution is -0.171. The molecule has 3 aliphatic carbocycles. The number of carbonyl (C=O) groups is 3. The van der Waals surface area contributed by atoms with Crippen LogP contribution in [-0.2, 0) is 38.9 Å². The molecule has 0 aromatic carbocycles. The molecule has 2 aromatic heterocycles. The Hall–Kier alpha value is -3.72. The highest BCUT2D eigenvalue weighted by Crippen LogP contribution is 2.46. The van der Waals surface area contributed by atoms with Gasteiger partial charge in [-0.2, -0.15) is 10.4 Å². The predicted molar refractivity (Wildman–Crippen MR) is 118 cm³/mol. The molecule has 12 nitrogen and oxygen atoms in total. The fraction of sp³-hybridized carbons (Fsp3) is 0.583. The summed E-state index contributed by atoms with van der Waals surface area (Å²) in [6.45, 7) is -2.89. The van der Waals surface area contributed by atoms with E-state index >= 15 is 0 Å². The Balaban J connectivity index is 1.48. The van der Waals surface area contributed by atoms with E-state index in [4.69, 9.17) is 28.8 Å². The van der Waals surface area contributed by atoms with Crippen molar-refractivity contribution in [3.63, 3.8) is 0 Å². The molecule has 188 valence electrons. The number of nitrogen functional groups attached to an aromatic ring is 1. The van der Waals surface area contributed by atoms with Crippen molar-refractivity contribution >= 4 is 29.2 Å². The van der Waals surface area contributed by atoms with Gasteiger partial charge in [0.15, 0.2) is 18.0 Å². The third kappa shape index (κ3) is 3.93. The summed E-state index contributed by atoms with van der Waals surface area (Å²) in [5, 5.41) is 14.7. The van der Waals surface area contributed by atoms with Gasteiger partial charge in [0, 0.05) is 0 Å². The highest BCUT2D eigenvalue weighted by Gasteiger charge is 2.63. The summed E-state index contributed by atoms with van der Waals surface area (Å²) in [7, 11) is 0.